The third-order valence-electron chi connectivity index (χ3n) is 4.92. The quantitative estimate of drug-likeness (QED) is 0.0943. The van der Waals surface area contributed by atoms with Crippen molar-refractivity contribution >= 4 is 69.4 Å². The second-order valence-electron chi connectivity index (χ2n) is 7.40. The molecule has 0 aliphatic carbocycles. The van der Waals surface area contributed by atoms with Gasteiger partial charge in [0.25, 0.3) is 0 Å². The van der Waals surface area contributed by atoms with Crippen molar-refractivity contribution in [2.45, 2.75) is 11.6 Å². The van der Waals surface area contributed by atoms with Crippen LogP contribution in [0, 0.1) is 9.54 Å². The number of nitrogens with one attached hydrogen (secondary N) is 4. The number of hydrogen-bond acceptors (Lipinski definition) is 7. The first kappa shape index (κ1) is 24.3. The predicted molar refractivity (Wildman–Crippen MR) is 142 cm³/mol. The van der Waals surface area contributed by atoms with E-state index in [1.165, 1.54) is 0 Å². The lowest BCUT2D eigenvalue weighted by atomic mass is 10.2. The van der Waals surface area contributed by atoms with Gasteiger partial charge in [-0.15, -0.1) is 12.6 Å². The van der Waals surface area contributed by atoms with Crippen molar-refractivity contribution in [3.8, 4) is 5.69 Å². The molecule has 0 amide bonds. The highest BCUT2D eigenvalue weighted by molar-refractivity contribution is 7.89. The van der Waals surface area contributed by atoms with Crippen molar-refractivity contribution in [3.05, 3.63) is 70.3 Å². The van der Waals surface area contributed by atoms with Crippen molar-refractivity contribution in [2.24, 2.45) is 0 Å². The minimum absolute atomic E-state index is 0.141. The van der Waals surface area contributed by atoms with E-state index >= 15 is 0 Å². The van der Waals surface area contributed by atoms with Gasteiger partial charge in [-0.3, -0.25) is 19.5 Å². The molecule has 9 nitrogen and oxygen atoms in total. The lowest BCUT2D eigenvalue weighted by molar-refractivity contribution is 0.0940. The number of fused-ring (bicyclic) bond motifs is 1. The van der Waals surface area contributed by atoms with Gasteiger partial charge in [-0.1, -0.05) is 30.8 Å². The second-order valence-corrected chi connectivity index (χ2v) is 10.4. The number of ether oxygens (including phenoxy) is 1. The average Bonchev–Trinajstić information content (AvgIpc) is 3.26. The first-order valence-corrected chi connectivity index (χ1v) is 13.1. The van der Waals surface area contributed by atoms with Crippen LogP contribution < -0.4 is 10.0 Å². The van der Waals surface area contributed by atoms with Crippen LogP contribution in [-0.4, -0.2) is 40.7 Å². The fraction of sp³-hybridized carbons (Fsp3) is 0.143. The Balaban J connectivity index is 1.52. The van der Waals surface area contributed by atoms with Crippen molar-refractivity contribution in [1.82, 2.24) is 24.1 Å². The van der Waals surface area contributed by atoms with Gasteiger partial charge in [0.2, 0.25) is 10.0 Å². The standard InChI is InChI=1S/C21H22N6O3S4/c1-13(25-34(2,28)29)18-19(31)16-8-3-4-9-17(16)26(18)12-30-11-22-14-6-5-7-15(10-14)27-20(32)23-24-21(27)33/h3-10,22,25,31H,1,11-12H2,2H3,(H,23,32)(H,24,33). The van der Waals surface area contributed by atoms with E-state index in [2.05, 4.69) is 39.4 Å². The SMILES string of the molecule is C=C(NS(C)(=O)=O)c1c(S)c2ccccc2n1COCNc1cccc(-n2c(=S)[nH][nH]c2=S)c1. The van der Waals surface area contributed by atoms with Crippen LogP contribution in [0.25, 0.3) is 22.3 Å². The van der Waals surface area contributed by atoms with E-state index in [1.807, 2.05) is 53.1 Å². The highest BCUT2D eigenvalue weighted by Crippen LogP contribution is 2.32. The summed E-state index contributed by atoms with van der Waals surface area (Å²) in [6.07, 6.45) is 1.07. The molecule has 0 unspecified atom stereocenters. The van der Waals surface area contributed by atoms with Crippen LogP contribution in [0.4, 0.5) is 5.69 Å². The largest absolute Gasteiger partial charge is 0.363 e. The highest BCUT2D eigenvalue weighted by atomic mass is 32.2. The molecule has 0 spiro atoms. The number of hydrogen-bond donors (Lipinski definition) is 5. The maximum atomic E-state index is 11.8. The molecule has 4 rings (SSSR count). The molecule has 0 aliphatic heterocycles. The predicted octanol–water partition coefficient (Wildman–Crippen LogP) is 4.40. The number of H-pyrrole nitrogens is 2. The summed E-state index contributed by atoms with van der Waals surface area (Å²) in [7, 11) is -3.50. The molecule has 2 aromatic heterocycles. The van der Waals surface area contributed by atoms with E-state index in [9.17, 15) is 8.42 Å². The van der Waals surface area contributed by atoms with Gasteiger partial charge in [-0.2, -0.15) is 0 Å². The molecule has 0 radical (unpaired) electrons. The molecule has 4 N–H and O–H groups in total. The molecule has 13 heteroatoms. The van der Waals surface area contributed by atoms with E-state index < -0.39 is 10.0 Å². The van der Waals surface area contributed by atoms with Crippen LogP contribution >= 0.6 is 37.1 Å². The fourth-order valence-electron chi connectivity index (χ4n) is 3.57. The Morgan fingerprint density at radius 2 is 1.85 bits per heavy atom. The normalized spacial score (nSPS) is 11.6. The van der Waals surface area contributed by atoms with Gasteiger partial charge in [-0.25, -0.2) is 8.42 Å². The topological polar surface area (TPSA) is 109 Å². The Kier molecular flexibility index (Phi) is 7.00. The summed E-state index contributed by atoms with van der Waals surface area (Å²) in [6, 6.07) is 15.2. The molecule has 0 saturated carbocycles. The summed E-state index contributed by atoms with van der Waals surface area (Å²) >= 11 is 15.2. The maximum absolute atomic E-state index is 11.8. The Morgan fingerprint density at radius 1 is 1.15 bits per heavy atom. The summed E-state index contributed by atoms with van der Waals surface area (Å²) < 4.78 is 36.3. The lowest BCUT2D eigenvalue weighted by Crippen LogP contribution is -2.22. The fourth-order valence-corrected chi connectivity index (χ4v) is 5.11. The number of thiol groups is 1. The molecule has 0 atom stereocenters. The summed E-state index contributed by atoms with van der Waals surface area (Å²) in [4.78, 5) is 0.612. The number of anilines is 1. The monoisotopic (exact) mass is 534 g/mol. The van der Waals surface area contributed by atoms with Crippen LogP contribution in [-0.2, 0) is 21.5 Å². The molecular formula is C21H22N6O3S4. The molecule has 0 aliphatic rings. The molecule has 0 saturated heterocycles. The summed E-state index contributed by atoms with van der Waals surface area (Å²) in [5.41, 5.74) is 3.21. The maximum Gasteiger partial charge on any atom is 0.229 e. The number of benzene rings is 2. The first-order chi connectivity index (χ1) is 16.2. The van der Waals surface area contributed by atoms with Crippen molar-refractivity contribution in [3.63, 3.8) is 0 Å². The van der Waals surface area contributed by atoms with E-state index in [-0.39, 0.29) is 19.2 Å². The first-order valence-electron chi connectivity index (χ1n) is 9.94. The van der Waals surface area contributed by atoms with E-state index in [1.54, 1.807) is 4.57 Å². The molecule has 2 aromatic carbocycles. The summed E-state index contributed by atoms with van der Waals surface area (Å²) in [5, 5.41) is 9.70. The Hall–Kier alpha value is -2.84. The van der Waals surface area contributed by atoms with Gasteiger partial charge in [0.1, 0.15) is 13.5 Å². The zero-order chi connectivity index (χ0) is 24.5. The average molecular weight is 535 g/mol. The molecule has 4 aromatic rings. The number of rotatable bonds is 9. The number of sulfonamides is 1. The Labute approximate surface area is 211 Å². The zero-order valence-corrected chi connectivity index (χ0v) is 21.4. The molecule has 2 heterocycles. The molecule has 0 bridgehead atoms. The third kappa shape index (κ3) is 5.13. The van der Waals surface area contributed by atoms with Crippen LogP contribution in [0.1, 0.15) is 5.69 Å². The van der Waals surface area contributed by atoms with Crippen LogP contribution in [0.15, 0.2) is 60.0 Å². The third-order valence-corrected chi connectivity index (χ3v) is 6.56. The van der Waals surface area contributed by atoms with E-state index in [0.29, 0.717) is 20.1 Å². The Bertz CT molecular complexity index is 1570. The number of para-hydroxylation sites is 1. The van der Waals surface area contributed by atoms with Crippen molar-refractivity contribution in [1.29, 1.82) is 0 Å². The van der Waals surface area contributed by atoms with Crippen LogP contribution in [0.2, 0.25) is 0 Å². The molecule has 178 valence electrons. The molecule has 34 heavy (non-hydrogen) atoms. The summed E-state index contributed by atoms with van der Waals surface area (Å²) in [6.45, 7) is 4.23. The lowest BCUT2D eigenvalue weighted by Gasteiger charge is -2.15. The Morgan fingerprint density at radius 3 is 2.56 bits per heavy atom. The van der Waals surface area contributed by atoms with Crippen molar-refractivity contribution in [2.75, 3.05) is 18.3 Å². The molecular weight excluding hydrogens is 513 g/mol. The number of aromatic amines is 2. The van der Waals surface area contributed by atoms with Gasteiger partial charge in [0.15, 0.2) is 9.54 Å². The minimum Gasteiger partial charge on any atom is -0.363 e. The van der Waals surface area contributed by atoms with Crippen LogP contribution in [0.5, 0.6) is 0 Å². The summed E-state index contributed by atoms with van der Waals surface area (Å²) in [5.74, 6) is 0. The van der Waals surface area contributed by atoms with Crippen molar-refractivity contribution < 1.29 is 13.2 Å². The van der Waals surface area contributed by atoms with E-state index in [0.717, 1.165) is 28.5 Å². The van der Waals surface area contributed by atoms with Gasteiger partial charge < -0.3 is 14.6 Å². The van der Waals surface area contributed by atoms with Gasteiger partial charge in [-0.05, 0) is 48.7 Å². The zero-order valence-electron chi connectivity index (χ0n) is 18.0. The minimum atomic E-state index is -3.50. The van der Waals surface area contributed by atoms with E-state index in [4.69, 9.17) is 29.2 Å². The van der Waals surface area contributed by atoms with Gasteiger partial charge in [0.05, 0.1) is 28.9 Å². The van der Waals surface area contributed by atoms with Gasteiger partial charge >= 0.3 is 0 Å². The second kappa shape index (κ2) is 9.80. The van der Waals surface area contributed by atoms with Crippen LogP contribution in [0.3, 0.4) is 0 Å². The van der Waals surface area contributed by atoms with Gasteiger partial charge in [0, 0.05) is 16.0 Å². The number of aromatic nitrogens is 4. The smallest absolute Gasteiger partial charge is 0.229 e. The molecule has 0 fully saturated rings. The highest BCUT2D eigenvalue weighted by Gasteiger charge is 2.19. The number of nitrogens with zero attached hydrogens (tertiary/aromatic N) is 2.